The van der Waals surface area contributed by atoms with Gasteiger partial charge < -0.3 is 10.2 Å². The normalized spacial score (nSPS) is 31.6. The molecule has 0 aromatic rings. The molecule has 0 bridgehead atoms. The first-order valence-electron chi connectivity index (χ1n) is 5.55. The Bertz CT molecular complexity index is 147. The lowest BCUT2D eigenvalue weighted by Crippen LogP contribution is -2.35. The Kier molecular flexibility index (Phi) is 4.20. The molecule has 0 amide bonds. The number of likely N-dealkylation sites (N-methyl/N-ethyl adjacent to an activating group) is 1. The monoisotopic (exact) mass is 184 g/mol. The summed E-state index contributed by atoms with van der Waals surface area (Å²) < 4.78 is 0. The molecule has 13 heavy (non-hydrogen) atoms. The predicted octanol–water partition coefficient (Wildman–Crippen LogP) is 1.72. The standard InChI is InChI=1S/C11H24N2/c1-4-5-6-11(2)9-12-7-8-13(3)10-11/h12H,4-10H2,1-3H3. The van der Waals surface area contributed by atoms with E-state index >= 15 is 0 Å². The highest BCUT2D eigenvalue weighted by molar-refractivity contribution is 4.82. The van der Waals surface area contributed by atoms with Gasteiger partial charge in [-0.25, -0.2) is 0 Å². The minimum atomic E-state index is 0.501. The fourth-order valence-electron chi connectivity index (χ4n) is 2.22. The van der Waals surface area contributed by atoms with Crippen LogP contribution in [-0.4, -0.2) is 38.1 Å². The molecule has 2 nitrogen and oxygen atoms in total. The molecule has 1 heterocycles. The van der Waals surface area contributed by atoms with Crippen molar-refractivity contribution in [2.75, 3.05) is 33.2 Å². The SMILES string of the molecule is CCCCC1(C)CNCCN(C)C1. The zero-order chi connectivity index (χ0) is 9.73. The van der Waals surface area contributed by atoms with Gasteiger partial charge in [-0.05, 0) is 18.9 Å². The molecule has 78 valence electrons. The van der Waals surface area contributed by atoms with Crippen molar-refractivity contribution in [1.29, 1.82) is 0 Å². The van der Waals surface area contributed by atoms with Crippen LogP contribution in [-0.2, 0) is 0 Å². The van der Waals surface area contributed by atoms with Crippen LogP contribution in [0, 0.1) is 5.41 Å². The Balaban J connectivity index is 2.43. The summed E-state index contributed by atoms with van der Waals surface area (Å²) >= 11 is 0. The molecule has 1 fully saturated rings. The maximum atomic E-state index is 3.54. The van der Waals surface area contributed by atoms with E-state index in [1.165, 1.54) is 38.9 Å². The van der Waals surface area contributed by atoms with Gasteiger partial charge in [0.1, 0.15) is 0 Å². The van der Waals surface area contributed by atoms with Crippen LogP contribution < -0.4 is 5.32 Å². The maximum Gasteiger partial charge on any atom is 0.0104 e. The van der Waals surface area contributed by atoms with Crippen molar-refractivity contribution >= 4 is 0 Å². The molecule has 1 rings (SSSR count). The topological polar surface area (TPSA) is 15.3 Å². The fraction of sp³-hybridized carbons (Fsp3) is 1.00. The van der Waals surface area contributed by atoms with E-state index in [-0.39, 0.29) is 0 Å². The van der Waals surface area contributed by atoms with Crippen molar-refractivity contribution in [3.05, 3.63) is 0 Å². The van der Waals surface area contributed by atoms with Crippen LogP contribution in [0.25, 0.3) is 0 Å². The van der Waals surface area contributed by atoms with Crippen LogP contribution >= 0.6 is 0 Å². The molecule has 1 aliphatic rings. The van der Waals surface area contributed by atoms with Gasteiger partial charge in [0.25, 0.3) is 0 Å². The zero-order valence-electron chi connectivity index (χ0n) is 9.40. The van der Waals surface area contributed by atoms with Crippen LogP contribution in [0.15, 0.2) is 0 Å². The lowest BCUT2D eigenvalue weighted by Gasteiger charge is -2.30. The van der Waals surface area contributed by atoms with Gasteiger partial charge in [0.05, 0.1) is 0 Å². The largest absolute Gasteiger partial charge is 0.315 e. The summed E-state index contributed by atoms with van der Waals surface area (Å²) in [6, 6.07) is 0. The Labute approximate surface area is 82.7 Å². The van der Waals surface area contributed by atoms with Crippen molar-refractivity contribution in [3.63, 3.8) is 0 Å². The first-order chi connectivity index (χ1) is 6.16. The highest BCUT2D eigenvalue weighted by Crippen LogP contribution is 2.25. The Morgan fingerprint density at radius 2 is 2.23 bits per heavy atom. The van der Waals surface area contributed by atoms with Gasteiger partial charge >= 0.3 is 0 Å². The average molecular weight is 184 g/mol. The van der Waals surface area contributed by atoms with Crippen molar-refractivity contribution < 1.29 is 0 Å². The highest BCUT2D eigenvalue weighted by Gasteiger charge is 2.26. The van der Waals surface area contributed by atoms with Crippen LogP contribution in [0.3, 0.4) is 0 Å². The Morgan fingerprint density at radius 1 is 1.46 bits per heavy atom. The number of nitrogens with one attached hydrogen (secondary N) is 1. The Hall–Kier alpha value is -0.0800. The first-order valence-corrected chi connectivity index (χ1v) is 5.55. The quantitative estimate of drug-likeness (QED) is 0.718. The third kappa shape index (κ3) is 3.65. The molecule has 0 radical (unpaired) electrons. The summed E-state index contributed by atoms with van der Waals surface area (Å²) in [6.45, 7) is 9.48. The molecule has 1 saturated heterocycles. The maximum absolute atomic E-state index is 3.54. The molecular weight excluding hydrogens is 160 g/mol. The molecule has 0 spiro atoms. The minimum absolute atomic E-state index is 0.501. The van der Waals surface area contributed by atoms with Gasteiger partial charge in [-0.2, -0.15) is 0 Å². The van der Waals surface area contributed by atoms with Gasteiger partial charge in [-0.3, -0.25) is 0 Å². The molecular formula is C11H24N2. The van der Waals surface area contributed by atoms with E-state index in [0.29, 0.717) is 5.41 Å². The number of nitrogens with zero attached hydrogens (tertiary/aromatic N) is 1. The lowest BCUT2D eigenvalue weighted by atomic mass is 9.84. The minimum Gasteiger partial charge on any atom is -0.315 e. The van der Waals surface area contributed by atoms with Crippen LogP contribution in [0.4, 0.5) is 0 Å². The van der Waals surface area contributed by atoms with Gasteiger partial charge in [-0.1, -0.05) is 26.7 Å². The predicted molar refractivity (Wildman–Crippen MR) is 58.0 cm³/mol. The van der Waals surface area contributed by atoms with E-state index in [1.54, 1.807) is 0 Å². The number of hydrogen-bond acceptors (Lipinski definition) is 2. The van der Waals surface area contributed by atoms with Crippen LogP contribution in [0.2, 0.25) is 0 Å². The fourth-order valence-corrected chi connectivity index (χ4v) is 2.22. The summed E-state index contributed by atoms with van der Waals surface area (Å²) in [4.78, 5) is 2.45. The van der Waals surface area contributed by atoms with Crippen molar-refractivity contribution in [3.8, 4) is 0 Å². The van der Waals surface area contributed by atoms with E-state index in [1.807, 2.05) is 0 Å². The zero-order valence-corrected chi connectivity index (χ0v) is 9.40. The Morgan fingerprint density at radius 3 is 2.92 bits per heavy atom. The van der Waals surface area contributed by atoms with Crippen molar-refractivity contribution in [2.24, 2.45) is 5.41 Å². The third-order valence-corrected chi connectivity index (χ3v) is 3.01. The van der Waals surface area contributed by atoms with Gasteiger partial charge in [-0.15, -0.1) is 0 Å². The molecule has 2 heteroatoms. The van der Waals surface area contributed by atoms with E-state index in [4.69, 9.17) is 0 Å². The molecule has 0 aromatic carbocycles. The summed E-state index contributed by atoms with van der Waals surface area (Å²) in [5, 5.41) is 3.54. The summed E-state index contributed by atoms with van der Waals surface area (Å²) in [6.07, 6.45) is 4.05. The van der Waals surface area contributed by atoms with Crippen molar-refractivity contribution in [2.45, 2.75) is 33.1 Å². The molecule has 1 unspecified atom stereocenters. The lowest BCUT2D eigenvalue weighted by molar-refractivity contribution is 0.203. The molecule has 1 atom stereocenters. The second kappa shape index (κ2) is 4.97. The second-order valence-electron chi connectivity index (χ2n) is 4.83. The number of unbranched alkanes of at least 4 members (excludes halogenated alkanes) is 1. The third-order valence-electron chi connectivity index (χ3n) is 3.01. The number of hydrogen-bond donors (Lipinski definition) is 1. The molecule has 0 saturated carbocycles. The molecule has 0 aliphatic carbocycles. The first kappa shape index (κ1) is 11.0. The molecule has 1 aliphatic heterocycles. The molecule has 1 N–H and O–H groups in total. The van der Waals surface area contributed by atoms with Crippen LogP contribution in [0.1, 0.15) is 33.1 Å². The summed E-state index contributed by atoms with van der Waals surface area (Å²) in [7, 11) is 2.23. The van der Waals surface area contributed by atoms with Gasteiger partial charge in [0.2, 0.25) is 0 Å². The highest BCUT2D eigenvalue weighted by atomic mass is 15.1. The van der Waals surface area contributed by atoms with Gasteiger partial charge in [0, 0.05) is 26.2 Å². The smallest absolute Gasteiger partial charge is 0.0104 e. The summed E-state index contributed by atoms with van der Waals surface area (Å²) in [5.74, 6) is 0. The molecule has 0 aromatic heterocycles. The number of rotatable bonds is 3. The van der Waals surface area contributed by atoms with E-state index in [0.717, 1.165) is 6.54 Å². The average Bonchev–Trinajstić information content (AvgIpc) is 2.24. The van der Waals surface area contributed by atoms with E-state index in [2.05, 4.69) is 31.1 Å². The second-order valence-corrected chi connectivity index (χ2v) is 4.83. The van der Waals surface area contributed by atoms with Gasteiger partial charge in [0.15, 0.2) is 0 Å². The van der Waals surface area contributed by atoms with Crippen LogP contribution in [0.5, 0.6) is 0 Å². The van der Waals surface area contributed by atoms with E-state index < -0.39 is 0 Å². The van der Waals surface area contributed by atoms with E-state index in [9.17, 15) is 0 Å². The summed E-state index contributed by atoms with van der Waals surface area (Å²) in [5.41, 5.74) is 0.501. The van der Waals surface area contributed by atoms with Crippen molar-refractivity contribution in [1.82, 2.24) is 10.2 Å².